The Bertz CT molecular complexity index is 623. The van der Waals surface area contributed by atoms with Gasteiger partial charge in [-0.15, -0.1) is 0 Å². The summed E-state index contributed by atoms with van der Waals surface area (Å²) >= 11 is 0. The van der Waals surface area contributed by atoms with Crippen molar-refractivity contribution in [1.29, 1.82) is 0 Å². The third-order valence-corrected chi connectivity index (χ3v) is 3.00. The molecule has 0 aliphatic heterocycles. The smallest absolute Gasteiger partial charge is 0.228 e. The van der Waals surface area contributed by atoms with E-state index in [1.54, 1.807) is 0 Å². The minimum atomic E-state index is -0.394. The fraction of sp³-hybridized carbons (Fsp3) is 0.235. The average molecular weight is 287 g/mol. The zero-order chi connectivity index (χ0) is 15.2. The molecule has 4 heteroatoms. The Kier molecular flexibility index (Phi) is 4.93. The highest BCUT2D eigenvalue weighted by Crippen LogP contribution is 2.25. The molecule has 1 N–H and O–H groups in total. The van der Waals surface area contributed by atoms with Gasteiger partial charge in [0.2, 0.25) is 5.91 Å². The van der Waals surface area contributed by atoms with Gasteiger partial charge in [-0.3, -0.25) is 4.79 Å². The van der Waals surface area contributed by atoms with E-state index in [1.165, 1.54) is 18.2 Å². The normalized spacial score (nSPS) is 10.2. The third-order valence-electron chi connectivity index (χ3n) is 3.00. The second kappa shape index (κ2) is 6.88. The highest BCUT2D eigenvalue weighted by atomic mass is 19.1. The number of amides is 1. The summed E-state index contributed by atoms with van der Waals surface area (Å²) in [6, 6.07) is 11.8. The van der Waals surface area contributed by atoms with Crippen molar-refractivity contribution in [3.63, 3.8) is 0 Å². The van der Waals surface area contributed by atoms with Gasteiger partial charge in [-0.25, -0.2) is 4.39 Å². The zero-order valence-corrected chi connectivity index (χ0v) is 12.2. The molecule has 0 aromatic heterocycles. The molecule has 0 fully saturated rings. The number of hydrogen-bond donors (Lipinski definition) is 1. The Labute approximate surface area is 123 Å². The van der Waals surface area contributed by atoms with E-state index in [-0.39, 0.29) is 12.3 Å². The molecule has 21 heavy (non-hydrogen) atoms. The maximum atomic E-state index is 13.2. The van der Waals surface area contributed by atoms with Crippen molar-refractivity contribution in [1.82, 2.24) is 0 Å². The van der Waals surface area contributed by atoms with Gasteiger partial charge in [0.15, 0.2) is 0 Å². The van der Waals surface area contributed by atoms with Crippen LogP contribution in [0, 0.1) is 12.7 Å². The van der Waals surface area contributed by atoms with Crippen molar-refractivity contribution in [3.8, 4) is 5.75 Å². The number of ether oxygens (including phenoxy) is 1. The molecule has 0 saturated carbocycles. The molecule has 3 nitrogen and oxygen atoms in total. The Balaban J connectivity index is 2.07. The second-order valence-corrected chi connectivity index (χ2v) is 4.78. The van der Waals surface area contributed by atoms with E-state index < -0.39 is 5.82 Å². The summed E-state index contributed by atoms with van der Waals surface area (Å²) in [6.07, 6.45) is 0.267. The summed E-state index contributed by atoms with van der Waals surface area (Å²) < 4.78 is 18.5. The molecule has 2 aromatic carbocycles. The molecule has 0 radical (unpaired) electrons. The molecule has 110 valence electrons. The standard InChI is InChI=1S/C17H18FNO2/c1-3-21-16-11-14(18)8-9-15(16)19-17(20)10-13-6-4-12(2)5-7-13/h4-9,11H,3,10H2,1-2H3,(H,19,20). The Morgan fingerprint density at radius 1 is 1.19 bits per heavy atom. The Hall–Kier alpha value is -2.36. The van der Waals surface area contributed by atoms with Gasteiger partial charge < -0.3 is 10.1 Å². The Morgan fingerprint density at radius 2 is 1.90 bits per heavy atom. The molecule has 0 heterocycles. The van der Waals surface area contributed by atoms with E-state index in [9.17, 15) is 9.18 Å². The van der Waals surface area contributed by atoms with Crippen LogP contribution in [0.25, 0.3) is 0 Å². The molecule has 2 aromatic rings. The van der Waals surface area contributed by atoms with Crippen molar-refractivity contribution < 1.29 is 13.9 Å². The maximum Gasteiger partial charge on any atom is 0.228 e. The first-order valence-electron chi connectivity index (χ1n) is 6.86. The molecule has 0 unspecified atom stereocenters. The summed E-state index contributed by atoms with van der Waals surface area (Å²) in [6.45, 7) is 4.21. The van der Waals surface area contributed by atoms with Gasteiger partial charge in [-0.05, 0) is 31.5 Å². The van der Waals surface area contributed by atoms with E-state index in [0.717, 1.165) is 11.1 Å². The quantitative estimate of drug-likeness (QED) is 0.910. The monoisotopic (exact) mass is 287 g/mol. The van der Waals surface area contributed by atoms with Crippen molar-refractivity contribution in [2.45, 2.75) is 20.3 Å². The number of benzene rings is 2. The molecule has 0 saturated heterocycles. The highest BCUT2D eigenvalue weighted by Gasteiger charge is 2.09. The van der Waals surface area contributed by atoms with Crippen LogP contribution in [0.2, 0.25) is 0 Å². The lowest BCUT2D eigenvalue weighted by Gasteiger charge is -2.11. The summed E-state index contributed by atoms with van der Waals surface area (Å²) in [5.74, 6) is -0.212. The van der Waals surface area contributed by atoms with Crippen LogP contribution in [0.4, 0.5) is 10.1 Å². The van der Waals surface area contributed by atoms with Gasteiger partial charge >= 0.3 is 0 Å². The molecule has 2 rings (SSSR count). The molecular formula is C17H18FNO2. The molecule has 0 atom stereocenters. The zero-order valence-electron chi connectivity index (χ0n) is 12.2. The van der Waals surface area contributed by atoms with Gasteiger partial charge in [0.05, 0.1) is 18.7 Å². The number of aryl methyl sites for hydroxylation is 1. The van der Waals surface area contributed by atoms with E-state index in [4.69, 9.17) is 4.74 Å². The highest BCUT2D eigenvalue weighted by molar-refractivity contribution is 5.93. The largest absolute Gasteiger partial charge is 0.492 e. The lowest BCUT2D eigenvalue weighted by molar-refractivity contribution is -0.115. The summed E-state index contributed by atoms with van der Waals surface area (Å²) in [7, 11) is 0. The summed E-state index contributed by atoms with van der Waals surface area (Å²) in [5.41, 5.74) is 2.56. The van der Waals surface area contributed by atoms with Crippen molar-refractivity contribution in [3.05, 3.63) is 59.4 Å². The second-order valence-electron chi connectivity index (χ2n) is 4.78. The fourth-order valence-corrected chi connectivity index (χ4v) is 1.96. The minimum absolute atomic E-state index is 0.161. The van der Waals surface area contributed by atoms with E-state index in [0.29, 0.717) is 18.0 Å². The van der Waals surface area contributed by atoms with Crippen LogP contribution < -0.4 is 10.1 Å². The first-order chi connectivity index (χ1) is 10.1. The van der Waals surface area contributed by atoms with Crippen LogP contribution in [0.15, 0.2) is 42.5 Å². The maximum absolute atomic E-state index is 13.2. The summed E-state index contributed by atoms with van der Waals surface area (Å²) in [5, 5.41) is 2.76. The molecule has 0 aliphatic rings. The Morgan fingerprint density at radius 3 is 2.57 bits per heavy atom. The van der Waals surface area contributed by atoms with Crippen LogP contribution in [-0.2, 0) is 11.2 Å². The predicted molar refractivity (Wildman–Crippen MR) is 81.1 cm³/mol. The van der Waals surface area contributed by atoms with E-state index >= 15 is 0 Å². The van der Waals surface area contributed by atoms with Gasteiger partial charge in [0.1, 0.15) is 11.6 Å². The molecule has 1 amide bonds. The van der Waals surface area contributed by atoms with E-state index in [2.05, 4.69) is 5.32 Å². The molecule has 0 spiro atoms. The third kappa shape index (κ3) is 4.31. The number of carbonyl (C=O) groups excluding carboxylic acids is 1. The number of rotatable bonds is 5. The molecule has 0 aliphatic carbocycles. The number of halogens is 1. The van der Waals surface area contributed by atoms with Crippen LogP contribution in [0.5, 0.6) is 5.75 Å². The number of hydrogen-bond acceptors (Lipinski definition) is 2. The lowest BCUT2D eigenvalue weighted by Crippen LogP contribution is -2.15. The van der Waals surface area contributed by atoms with E-state index in [1.807, 2.05) is 38.1 Å². The average Bonchev–Trinajstić information content (AvgIpc) is 2.45. The van der Waals surface area contributed by atoms with Gasteiger partial charge in [-0.1, -0.05) is 29.8 Å². The van der Waals surface area contributed by atoms with Gasteiger partial charge in [0, 0.05) is 6.07 Å². The van der Waals surface area contributed by atoms with Crippen LogP contribution in [-0.4, -0.2) is 12.5 Å². The number of nitrogens with one attached hydrogen (secondary N) is 1. The molecular weight excluding hydrogens is 269 g/mol. The SMILES string of the molecule is CCOc1cc(F)ccc1NC(=O)Cc1ccc(C)cc1. The van der Waals surface area contributed by atoms with Crippen LogP contribution in [0.1, 0.15) is 18.1 Å². The van der Waals surface area contributed by atoms with Crippen LogP contribution >= 0.6 is 0 Å². The van der Waals surface area contributed by atoms with Crippen molar-refractivity contribution >= 4 is 11.6 Å². The first kappa shape index (κ1) is 15.0. The molecule has 0 bridgehead atoms. The number of anilines is 1. The van der Waals surface area contributed by atoms with Gasteiger partial charge in [0.25, 0.3) is 0 Å². The predicted octanol–water partition coefficient (Wildman–Crippen LogP) is 3.71. The minimum Gasteiger partial charge on any atom is -0.492 e. The van der Waals surface area contributed by atoms with Crippen molar-refractivity contribution in [2.75, 3.05) is 11.9 Å². The fourth-order valence-electron chi connectivity index (χ4n) is 1.96. The first-order valence-corrected chi connectivity index (χ1v) is 6.86. The number of carbonyl (C=O) groups is 1. The lowest BCUT2D eigenvalue weighted by atomic mass is 10.1. The van der Waals surface area contributed by atoms with Gasteiger partial charge in [-0.2, -0.15) is 0 Å². The topological polar surface area (TPSA) is 38.3 Å². The van der Waals surface area contributed by atoms with Crippen LogP contribution in [0.3, 0.4) is 0 Å². The summed E-state index contributed by atoms with van der Waals surface area (Å²) in [4.78, 5) is 12.0. The van der Waals surface area contributed by atoms with Crippen molar-refractivity contribution in [2.24, 2.45) is 0 Å².